The summed E-state index contributed by atoms with van der Waals surface area (Å²) in [7, 11) is 0. The van der Waals surface area contributed by atoms with Gasteiger partial charge in [0.25, 0.3) is 0 Å². The second kappa shape index (κ2) is 11.7. The van der Waals surface area contributed by atoms with Crippen molar-refractivity contribution in [2.24, 2.45) is 4.99 Å². The third kappa shape index (κ3) is 6.94. The summed E-state index contributed by atoms with van der Waals surface area (Å²) in [4.78, 5) is 18.8. The Hall–Kier alpha value is -3.18. The van der Waals surface area contributed by atoms with Gasteiger partial charge in [-0.15, -0.1) is 8.78 Å². The lowest BCUT2D eigenvalue weighted by molar-refractivity contribution is -0.137. The molecule has 0 aliphatic carbocycles. The third-order valence-electron chi connectivity index (χ3n) is 5.22. The SMILES string of the molecule is CCOC(=O)C(C=Nc1ccc(CN2CCCC2)cc1)=C(O)c1cc(F)c(F)c(OC(F)(F)Cl)c1F. The first-order valence-corrected chi connectivity index (χ1v) is 11.3. The summed E-state index contributed by atoms with van der Waals surface area (Å²) in [6, 6.07) is 7.11. The summed E-state index contributed by atoms with van der Waals surface area (Å²) in [5, 5.41) is 10.6. The number of carbonyl (C=O) groups is 1. The van der Waals surface area contributed by atoms with Crippen molar-refractivity contribution >= 4 is 35.2 Å². The van der Waals surface area contributed by atoms with E-state index >= 15 is 0 Å². The average Bonchev–Trinajstić information content (AvgIpc) is 3.33. The second-order valence-corrected chi connectivity index (χ2v) is 8.24. The van der Waals surface area contributed by atoms with Crippen LogP contribution in [0.15, 0.2) is 40.9 Å². The van der Waals surface area contributed by atoms with Gasteiger partial charge >= 0.3 is 11.5 Å². The van der Waals surface area contributed by atoms with Gasteiger partial charge in [0.1, 0.15) is 11.3 Å². The van der Waals surface area contributed by atoms with Crippen molar-refractivity contribution in [3.05, 3.63) is 64.5 Å². The summed E-state index contributed by atoms with van der Waals surface area (Å²) in [5.74, 6) is -10.2. The van der Waals surface area contributed by atoms with Gasteiger partial charge in [-0.2, -0.15) is 4.39 Å². The van der Waals surface area contributed by atoms with Crippen LogP contribution < -0.4 is 4.74 Å². The molecule has 1 N–H and O–H groups in total. The highest BCUT2D eigenvalue weighted by atomic mass is 35.5. The van der Waals surface area contributed by atoms with E-state index in [1.54, 1.807) is 12.1 Å². The van der Waals surface area contributed by atoms with E-state index in [1.807, 2.05) is 12.1 Å². The highest BCUT2D eigenvalue weighted by Crippen LogP contribution is 2.35. The Morgan fingerprint density at radius 1 is 1.17 bits per heavy atom. The van der Waals surface area contributed by atoms with E-state index in [9.17, 15) is 31.9 Å². The van der Waals surface area contributed by atoms with Crippen molar-refractivity contribution < 1.29 is 41.3 Å². The summed E-state index contributed by atoms with van der Waals surface area (Å²) >= 11 is 4.54. The normalized spacial score (nSPS) is 15.3. The number of nitrogens with zero attached hydrogens (tertiary/aromatic N) is 2. The minimum atomic E-state index is -4.58. The molecule has 194 valence electrons. The summed E-state index contributed by atoms with van der Waals surface area (Å²) < 4.78 is 77.1. The second-order valence-electron chi connectivity index (χ2n) is 7.80. The first kappa shape index (κ1) is 27.4. The van der Waals surface area contributed by atoms with E-state index in [1.165, 1.54) is 6.92 Å². The highest BCUT2D eigenvalue weighted by molar-refractivity contribution is 6.20. The summed E-state index contributed by atoms with van der Waals surface area (Å²) in [6.45, 7) is 4.10. The van der Waals surface area contributed by atoms with Gasteiger partial charge in [0, 0.05) is 24.4 Å². The molecule has 6 nitrogen and oxygen atoms in total. The highest BCUT2D eigenvalue weighted by Gasteiger charge is 2.34. The van der Waals surface area contributed by atoms with E-state index in [4.69, 9.17) is 4.74 Å². The summed E-state index contributed by atoms with van der Waals surface area (Å²) in [5.41, 5.74) is -5.09. The molecule has 1 aliphatic rings. The van der Waals surface area contributed by atoms with Crippen LogP contribution in [-0.4, -0.2) is 47.5 Å². The van der Waals surface area contributed by atoms with Crippen LogP contribution in [0.25, 0.3) is 5.76 Å². The third-order valence-corrected chi connectivity index (χ3v) is 5.30. The van der Waals surface area contributed by atoms with Gasteiger partial charge in [0.05, 0.1) is 17.9 Å². The van der Waals surface area contributed by atoms with E-state index < -0.39 is 51.6 Å². The number of benzene rings is 2. The molecule has 1 saturated heterocycles. The fraction of sp³-hybridized carbons (Fsp3) is 0.333. The van der Waals surface area contributed by atoms with Crippen LogP contribution in [0.2, 0.25) is 0 Å². The van der Waals surface area contributed by atoms with Crippen molar-refractivity contribution in [1.82, 2.24) is 4.90 Å². The van der Waals surface area contributed by atoms with Crippen LogP contribution in [0, 0.1) is 17.5 Å². The minimum absolute atomic E-state index is 0.151. The molecule has 2 aromatic rings. The predicted octanol–water partition coefficient (Wildman–Crippen LogP) is 6.10. The van der Waals surface area contributed by atoms with E-state index in [0.29, 0.717) is 5.69 Å². The Morgan fingerprint density at radius 3 is 2.39 bits per heavy atom. The first-order valence-electron chi connectivity index (χ1n) is 10.9. The number of esters is 1. The Labute approximate surface area is 208 Å². The molecule has 1 heterocycles. The van der Waals surface area contributed by atoms with Gasteiger partial charge in [0.2, 0.25) is 11.6 Å². The zero-order valence-electron chi connectivity index (χ0n) is 19.0. The minimum Gasteiger partial charge on any atom is -0.506 e. The lowest BCUT2D eigenvalue weighted by Crippen LogP contribution is -2.19. The van der Waals surface area contributed by atoms with Crippen LogP contribution in [0.1, 0.15) is 30.9 Å². The monoisotopic (exact) mass is 532 g/mol. The van der Waals surface area contributed by atoms with Crippen LogP contribution in [-0.2, 0) is 16.1 Å². The maximum Gasteiger partial charge on any atom is 0.487 e. The van der Waals surface area contributed by atoms with Gasteiger partial charge in [-0.1, -0.05) is 12.1 Å². The number of carbonyl (C=O) groups excluding carboxylic acids is 1. The van der Waals surface area contributed by atoms with E-state index in [2.05, 4.69) is 26.2 Å². The molecule has 3 rings (SSSR count). The average molecular weight is 533 g/mol. The molecular formula is C24H22ClF5N2O4. The molecule has 36 heavy (non-hydrogen) atoms. The molecule has 0 amide bonds. The van der Waals surface area contributed by atoms with Crippen molar-refractivity contribution in [1.29, 1.82) is 0 Å². The Morgan fingerprint density at radius 2 is 1.81 bits per heavy atom. The number of aliphatic hydroxyl groups excluding tert-OH is 1. The van der Waals surface area contributed by atoms with Crippen molar-refractivity contribution in [3.8, 4) is 5.75 Å². The van der Waals surface area contributed by atoms with E-state index in [0.717, 1.165) is 44.3 Å². The molecule has 1 aliphatic heterocycles. The van der Waals surface area contributed by atoms with Gasteiger partial charge in [-0.05, 0) is 56.6 Å². The number of aliphatic imine (C=N–C) groups is 1. The lowest BCUT2D eigenvalue weighted by Gasteiger charge is -2.15. The smallest absolute Gasteiger partial charge is 0.487 e. The fourth-order valence-electron chi connectivity index (χ4n) is 3.55. The molecule has 0 radical (unpaired) electrons. The van der Waals surface area contributed by atoms with E-state index in [-0.39, 0.29) is 12.7 Å². The zero-order chi connectivity index (χ0) is 26.5. The van der Waals surface area contributed by atoms with Gasteiger partial charge < -0.3 is 14.6 Å². The predicted molar refractivity (Wildman–Crippen MR) is 123 cm³/mol. The standard InChI is InChI=1S/C24H22ClF5N2O4/c1-2-35-23(34)17(12-31-15-7-5-14(6-8-15)13-32-9-3-4-10-32)21(33)16-11-18(26)20(28)22(19(16)27)36-24(25,29)30/h5-8,11-12,33H,2-4,9-10,13H2,1H3. The van der Waals surface area contributed by atoms with Crippen LogP contribution in [0.4, 0.5) is 27.6 Å². The maximum absolute atomic E-state index is 14.8. The molecule has 12 heteroatoms. The molecule has 0 saturated carbocycles. The first-order chi connectivity index (χ1) is 17.0. The van der Waals surface area contributed by atoms with Gasteiger partial charge in [-0.3, -0.25) is 9.89 Å². The molecule has 0 atom stereocenters. The molecule has 0 unspecified atom stereocenters. The number of likely N-dealkylation sites (tertiary alicyclic amines) is 1. The molecule has 0 aromatic heterocycles. The molecule has 1 fully saturated rings. The number of hydrogen-bond donors (Lipinski definition) is 1. The number of halogens is 6. The van der Waals surface area contributed by atoms with Crippen molar-refractivity contribution in [2.45, 2.75) is 31.9 Å². The Bertz CT molecular complexity index is 1160. The fourth-order valence-corrected chi connectivity index (χ4v) is 3.63. The van der Waals surface area contributed by atoms with Crippen LogP contribution in [0.3, 0.4) is 0 Å². The Balaban J connectivity index is 1.97. The van der Waals surface area contributed by atoms with Crippen molar-refractivity contribution in [3.63, 3.8) is 0 Å². The van der Waals surface area contributed by atoms with Gasteiger partial charge in [-0.25, -0.2) is 13.6 Å². The number of aliphatic hydroxyl groups is 1. The topological polar surface area (TPSA) is 71.4 Å². The zero-order valence-corrected chi connectivity index (χ0v) is 19.8. The molecule has 0 bridgehead atoms. The summed E-state index contributed by atoms with van der Waals surface area (Å²) in [6.07, 6.45) is 3.13. The van der Waals surface area contributed by atoms with Crippen LogP contribution in [0.5, 0.6) is 5.75 Å². The molecule has 0 spiro atoms. The number of hydrogen-bond acceptors (Lipinski definition) is 6. The Kier molecular flexibility index (Phi) is 8.91. The van der Waals surface area contributed by atoms with Crippen molar-refractivity contribution in [2.75, 3.05) is 19.7 Å². The van der Waals surface area contributed by atoms with Crippen LogP contribution >= 0.6 is 11.6 Å². The maximum atomic E-state index is 14.8. The number of rotatable bonds is 9. The number of ether oxygens (including phenoxy) is 2. The van der Waals surface area contributed by atoms with Gasteiger partial charge in [0.15, 0.2) is 11.6 Å². The molecule has 2 aromatic carbocycles. The number of alkyl halides is 3. The quantitative estimate of drug-likeness (QED) is 0.0803. The lowest BCUT2D eigenvalue weighted by atomic mass is 10.1. The molecular weight excluding hydrogens is 511 g/mol. The largest absolute Gasteiger partial charge is 0.506 e.